The van der Waals surface area contributed by atoms with Gasteiger partial charge in [-0.15, -0.1) is 0 Å². The molecule has 0 spiro atoms. The lowest BCUT2D eigenvalue weighted by molar-refractivity contribution is -0.724. The van der Waals surface area contributed by atoms with Crippen LogP contribution >= 0.6 is 0 Å². The molecule has 1 aromatic rings. The highest BCUT2D eigenvalue weighted by molar-refractivity contribution is 6.05. The maximum Gasteiger partial charge on any atom is 0.423 e. The highest BCUT2D eigenvalue weighted by Gasteiger charge is 2.56. The van der Waals surface area contributed by atoms with E-state index in [0.717, 1.165) is 31.8 Å². The minimum atomic E-state index is -4.42. The minimum absolute atomic E-state index is 0.0463. The summed E-state index contributed by atoms with van der Waals surface area (Å²) in [6, 6.07) is 10.4. The van der Waals surface area contributed by atoms with E-state index in [1.165, 1.54) is 11.6 Å². The fourth-order valence-corrected chi connectivity index (χ4v) is 4.74. The first-order valence-corrected chi connectivity index (χ1v) is 9.53. The van der Waals surface area contributed by atoms with Crippen molar-refractivity contribution < 1.29 is 17.7 Å². The number of alkyl halides is 3. The Morgan fingerprint density at radius 3 is 2.37 bits per heavy atom. The fourth-order valence-electron chi connectivity index (χ4n) is 4.74. The first kappa shape index (κ1) is 18.2. The van der Waals surface area contributed by atoms with Gasteiger partial charge < -0.3 is 0 Å². The SMILES string of the molecule is CCC1=NN=C2C(C(F)(F)F)=CC=C[N+]12[C@H]1CC[C@@H](c2ccccc2)CC1. The predicted octanol–water partition coefficient (Wildman–Crippen LogP) is 5.68. The summed E-state index contributed by atoms with van der Waals surface area (Å²) in [4.78, 5) is 0. The summed E-state index contributed by atoms with van der Waals surface area (Å²) >= 11 is 0. The van der Waals surface area contributed by atoms with Crippen molar-refractivity contribution in [1.82, 2.24) is 0 Å². The lowest BCUT2D eigenvalue weighted by Crippen LogP contribution is -2.60. The first-order chi connectivity index (χ1) is 13.0. The van der Waals surface area contributed by atoms with Crippen LogP contribution in [0.4, 0.5) is 13.2 Å². The summed E-state index contributed by atoms with van der Waals surface area (Å²) in [6.07, 6.45) is 4.32. The van der Waals surface area contributed by atoms with Crippen molar-refractivity contribution in [3.63, 3.8) is 0 Å². The molecule has 0 amide bonds. The third-order valence-corrected chi connectivity index (χ3v) is 6.03. The van der Waals surface area contributed by atoms with E-state index in [-0.39, 0.29) is 16.4 Å². The lowest BCUT2D eigenvalue weighted by atomic mass is 9.80. The molecule has 1 aliphatic carbocycles. The zero-order valence-corrected chi connectivity index (χ0v) is 15.3. The van der Waals surface area contributed by atoms with Gasteiger partial charge in [-0.2, -0.15) is 17.7 Å². The van der Waals surface area contributed by atoms with Crippen LogP contribution in [0.3, 0.4) is 0 Å². The van der Waals surface area contributed by atoms with Crippen LogP contribution in [0.25, 0.3) is 0 Å². The van der Waals surface area contributed by atoms with Gasteiger partial charge in [0.25, 0.3) is 5.84 Å². The summed E-state index contributed by atoms with van der Waals surface area (Å²) in [5.41, 5.74) is 0.656. The molecule has 0 bridgehead atoms. The molecule has 3 aliphatic rings. The second kappa shape index (κ2) is 6.75. The molecule has 6 heteroatoms. The Bertz CT molecular complexity index is 828. The summed E-state index contributed by atoms with van der Waals surface area (Å²) in [7, 11) is 0. The number of halogens is 3. The average Bonchev–Trinajstić information content (AvgIpc) is 3.07. The fraction of sp³-hybridized carbons (Fsp3) is 0.429. The van der Waals surface area contributed by atoms with Gasteiger partial charge in [0.1, 0.15) is 17.8 Å². The quantitative estimate of drug-likeness (QED) is 0.608. The molecule has 0 saturated heterocycles. The Hall–Kier alpha value is -2.21. The molecule has 2 aliphatic heterocycles. The molecule has 3 nitrogen and oxygen atoms in total. The van der Waals surface area contributed by atoms with Crippen molar-refractivity contribution in [1.29, 1.82) is 0 Å². The van der Waals surface area contributed by atoms with E-state index >= 15 is 0 Å². The third-order valence-electron chi connectivity index (χ3n) is 6.03. The van der Waals surface area contributed by atoms with Crippen molar-refractivity contribution in [2.24, 2.45) is 10.2 Å². The number of quaternary nitrogens is 1. The molecule has 1 unspecified atom stereocenters. The Kier molecular flexibility index (Phi) is 4.54. The van der Waals surface area contributed by atoms with Crippen molar-refractivity contribution >= 4 is 11.7 Å². The number of hydrogen-bond acceptors (Lipinski definition) is 2. The number of hydrogen-bond donors (Lipinski definition) is 0. The maximum absolute atomic E-state index is 13.6. The summed E-state index contributed by atoms with van der Waals surface area (Å²) in [5, 5.41) is 8.19. The molecule has 1 atom stereocenters. The smallest absolute Gasteiger partial charge is 0.198 e. The van der Waals surface area contributed by atoms with E-state index in [1.54, 1.807) is 0 Å². The van der Waals surface area contributed by atoms with Crippen LogP contribution in [0.1, 0.15) is 50.5 Å². The molecule has 0 radical (unpaired) electrons. The Balaban J connectivity index is 1.62. The highest BCUT2D eigenvalue weighted by atomic mass is 19.4. The monoisotopic (exact) mass is 374 g/mol. The second-order valence-electron chi connectivity index (χ2n) is 7.41. The van der Waals surface area contributed by atoms with Gasteiger partial charge in [0, 0.05) is 19.3 Å². The molecule has 1 fully saturated rings. The van der Waals surface area contributed by atoms with Crippen LogP contribution < -0.4 is 0 Å². The van der Waals surface area contributed by atoms with Crippen LogP contribution in [0, 0.1) is 0 Å². The van der Waals surface area contributed by atoms with Crippen molar-refractivity contribution in [2.45, 2.75) is 57.2 Å². The van der Waals surface area contributed by atoms with E-state index in [2.05, 4.69) is 22.3 Å². The van der Waals surface area contributed by atoms with Gasteiger partial charge in [0.15, 0.2) is 0 Å². The van der Waals surface area contributed by atoms with Crippen LogP contribution in [0.15, 0.2) is 64.5 Å². The predicted molar refractivity (Wildman–Crippen MR) is 100 cm³/mol. The van der Waals surface area contributed by atoms with Crippen molar-refractivity contribution in [3.05, 3.63) is 59.8 Å². The van der Waals surface area contributed by atoms with Crippen molar-refractivity contribution in [2.75, 3.05) is 0 Å². The summed E-state index contributed by atoms with van der Waals surface area (Å²) in [6.45, 7) is 1.94. The van der Waals surface area contributed by atoms with Crippen molar-refractivity contribution in [3.8, 4) is 0 Å². The van der Waals surface area contributed by atoms with E-state index in [1.807, 2.05) is 31.3 Å². The van der Waals surface area contributed by atoms with Gasteiger partial charge in [0.2, 0.25) is 5.84 Å². The molecule has 2 heterocycles. The zero-order chi connectivity index (χ0) is 19.1. The molecule has 27 heavy (non-hydrogen) atoms. The van der Waals surface area contributed by atoms with Gasteiger partial charge in [-0.1, -0.05) is 47.5 Å². The van der Waals surface area contributed by atoms with Gasteiger partial charge >= 0.3 is 6.18 Å². The standard InChI is InChI=1S/C21H23F3N3/c1-2-19-25-26-20-18(21(22,23)24)9-6-14-27(19,20)17-12-10-16(11-13-17)15-7-4-3-5-8-15/h3-9,14,16-17H,2,10-13H2,1H3/q+1/t16-,17+,27?. The number of benzene rings is 1. The number of amidine groups is 2. The molecule has 0 N–H and O–H groups in total. The number of rotatable bonds is 3. The average molecular weight is 374 g/mol. The summed E-state index contributed by atoms with van der Waals surface area (Å²) < 4.78 is 40.8. The number of nitrogens with zero attached hydrogens (tertiary/aromatic N) is 3. The van der Waals surface area contributed by atoms with E-state index < -0.39 is 11.7 Å². The molecular formula is C21H23F3N3+. The van der Waals surface area contributed by atoms with E-state index in [0.29, 0.717) is 18.2 Å². The molecule has 0 aromatic heterocycles. The lowest BCUT2D eigenvalue weighted by Gasteiger charge is -2.43. The minimum Gasteiger partial charge on any atom is -0.198 e. The van der Waals surface area contributed by atoms with E-state index in [4.69, 9.17) is 0 Å². The van der Waals surface area contributed by atoms with Gasteiger partial charge in [-0.25, -0.2) is 0 Å². The Morgan fingerprint density at radius 2 is 1.74 bits per heavy atom. The molecule has 142 valence electrons. The van der Waals surface area contributed by atoms with Crippen LogP contribution in [-0.4, -0.2) is 28.4 Å². The van der Waals surface area contributed by atoms with E-state index in [9.17, 15) is 13.2 Å². The third kappa shape index (κ3) is 2.96. The first-order valence-electron chi connectivity index (χ1n) is 9.53. The zero-order valence-electron chi connectivity index (χ0n) is 15.3. The topological polar surface area (TPSA) is 24.7 Å². The largest absolute Gasteiger partial charge is 0.423 e. The summed E-state index contributed by atoms with van der Waals surface area (Å²) in [5.74, 6) is 1.22. The molecule has 1 saturated carbocycles. The maximum atomic E-state index is 13.6. The van der Waals surface area contributed by atoms with Crippen LogP contribution in [-0.2, 0) is 0 Å². The molecule has 1 aromatic carbocycles. The van der Waals surface area contributed by atoms with Gasteiger partial charge in [0.05, 0.1) is 0 Å². The number of fused-ring (bicyclic) bond motifs is 1. The Labute approximate surface area is 157 Å². The normalized spacial score (nSPS) is 30.4. The molecule has 4 rings (SSSR count). The van der Waals surface area contributed by atoms with Gasteiger partial charge in [-0.05, 0) is 36.5 Å². The van der Waals surface area contributed by atoms with Crippen LogP contribution in [0.2, 0.25) is 0 Å². The highest BCUT2D eigenvalue weighted by Crippen LogP contribution is 2.44. The van der Waals surface area contributed by atoms with Gasteiger partial charge in [-0.3, -0.25) is 0 Å². The number of allylic oxidation sites excluding steroid dienone is 2. The molecular weight excluding hydrogens is 351 g/mol. The second-order valence-corrected chi connectivity index (χ2v) is 7.41. The van der Waals surface area contributed by atoms with Crippen LogP contribution in [0.5, 0.6) is 0 Å². The Morgan fingerprint density at radius 1 is 1.04 bits per heavy atom.